The molecule has 0 bridgehead atoms. The highest BCUT2D eigenvalue weighted by atomic mass is 32.1. The van der Waals surface area contributed by atoms with Crippen molar-refractivity contribution < 1.29 is 23.9 Å². The largest absolute Gasteiger partial charge is 0.448 e. The molecule has 2 aromatic rings. The molecule has 10 nitrogen and oxygen atoms in total. The lowest BCUT2D eigenvalue weighted by Gasteiger charge is -2.25. The summed E-state index contributed by atoms with van der Waals surface area (Å²) in [6.07, 6.45) is 4.09. The smallest absolute Gasteiger partial charge is 0.414 e. The highest BCUT2D eigenvalue weighted by Crippen LogP contribution is 2.24. The fourth-order valence-corrected chi connectivity index (χ4v) is 4.13. The lowest BCUT2D eigenvalue weighted by molar-refractivity contribution is -0.123. The van der Waals surface area contributed by atoms with E-state index in [1.54, 1.807) is 26.2 Å². The van der Waals surface area contributed by atoms with Crippen molar-refractivity contribution in [2.45, 2.75) is 40.0 Å². The number of hydrogen-bond donors (Lipinski definition) is 3. The van der Waals surface area contributed by atoms with Gasteiger partial charge < -0.3 is 15.4 Å². The van der Waals surface area contributed by atoms with Crippen LogP contribution in [0.1, 0.15) is 60.7 Å². The van der Waals surface area contributed by atoms with Crippen LogP contribution in [0.5, 0.6) is 0 Å². The van der Waals surface area contributed by atoms with E-state index in [4.69, 9.17) is 4.74 Å². The highest BCUT2D eigenvalue weighted by molar-refractivity contribution is 7.14. The third-order valence-electron chi connectivity index (χ3n) is 5.39. The SMILES string of the molecule is CC(C)(C)C(=O)Nc1cc(C(=O)Nc2sccc2C(=O)NC(=O)OCCN2CCCCC2)ccn1. The summed E-state index contributed by atoms with van der Waals surface area (Å²) in [7, 11) is 0. The number of hydrogen-bond acceptors (Lipinski definition) is 8. The Hall–Kier alpha value is -3.31. The van der Waals surface area contributed by atoms with E-state index in [1.165, 1.54) is 30.8 Å². The molecule has 3 heterocycles. The topological polar surface area (TPSA) is 130 Å². The number of likely N-dealkylation sites (tertiary alicyclic amines) is 1. The number of aromatic nitrogens is 1. The van der Waals surface area contributed by atoms with Crippen LogP contribution in [-0.4, -0.2) is 59.9 Å². The van der Waals surface area contributed by atoms with E-state index in [9.17, 15) is 19.2 Å². The number of imide groups is 1. The Bertz CT molecular complexity index is 1070. The molecule has 4 amide bonds. The van der Waals surface area contributed by atoms with Gasteiger partial charge in [0.05, 0.1) is 5.56 Å². The molecule has 3 rings (SSSR count). The van der Waals surface area contributed by atoms with Crippen LogP contribution in [0, 0.1) is 5.41 Å². The third kappa shape index (κ3) is 7.86. The molecule has 1 aliphatic heterocycles. The van der Waals surface area contributed by atoms with E-state index < -0.39 is 23.3 Å². The molecule has 2 aromatic heterocycles. The Kier molecular flexibility index (Phi) is 8.94. The fourth-order valence-electron chi connectivity index (χ4n) is 3.35. The van der Waals surface area contributed by atoms with Crippen LogP contribution < -0.4 is 16.0 Å². The summed E-state index contributed by atoms with van der Waals surface area (Å²) in [4.78, 5) is 55.9. The molecule has 35 heavy (non-hydrogen) atoms. The van der Waals surface area contributed by atoms with Crippen LogP contribution in [0.25, 0.3) is 0 Å². The van der Waals surface area contributed by atoms with Crippen LogP contribution in [0.3, 0.4) is 0 Å². The van der Waals surface area contributed by atoms with Gasteiger partial charge in [-0.1, -0.05) is 27.2 Å². The van der Waals surface area contributed by atoms with E-state index in [-0.39, 0.29) is 34.5 Å². The number of anilines is 2. The lowest BCUT2D eigenvalue weighted by Crippen LogP contribution is -2.36. The van der Waals surface area contributed by atoms with Crippen molar-refractivity contribution in [2.75, 3.05) is 36.9 Å². The summed E-state index contributed by atoms with van der Waals surface area (Å²) in [5.41, 5.74) is -0.221. The number of amides is 4. The number of rotatable bonds is 7. The van der Waals surface area contributed by atoms with Crippen molar-refractivity contribution in [1.82, 2.24) is 15.2 Å². The van der Waals surface area contributed by atoms with Gasteiger partial charge >= 0.3 is 6.09 Å². The first kappa shape index (κ1) is 26.3. The molecule has 0 aromatic carbocycles. The molecule has 0 saturated carbocycles. The van der Waals surface area contributed by atoms with Crippen LogP contribution >= 0.6 is 11.3 Å². The number of ether oxygens (including phenoxy) is 1. The zero-order valence-electron chi connectivity index (χ0n) is 20.2. The molecule has 0 unspecified atom stereocenters. The molecule has 0 spiro atoms. The maximum Gasteiger partial charge on any atom is 0.414 e. The molecule has 1 saturated heterocycles. The van der Waals surface area contributed by atoms with Crippen LogP contribution in [0.15, 0.2) is 29.8 Å². The van der Waals surface area contributed by atoms with Gasteiger partial charge in [-0.3, -0.25) is 24.6 Å². The number of alkyl carbamates (subject to hydrolysis) is 1. The molecular weight excluding hydrogens is 470 g/mol. The predicted octanol–water partition coefficient (Wildman–Crippen LogP) is 3.73. The van der Waals surface area contributed by atoms with Gasteiger partial charge in [0.2, 0.25) is 5.91 Å². The van der Waals surface area contributed by atoms with Crippen molar-refractivity contribution in [3.8, 4) is 0 Å². The zero-order chi connectivity index (χ0) is 25.4. The molecule has 3 N–H and O–H groups in total. The molecule has 11 heteroatoms. The monoisotopic (exact) mass is 501 g/mol. The third-order valence-corrected chi connectivity index (χ3v) is 6.22. The van der Waals surface area contributed by atoms with Crippen molar-refractivity contribution in [1.29, 1.82) is 0 Å². The summed E-state index contributed by atoms with van der Waals surface area (Å²) in [5, 5.41) is 9.47. The standard InChI is InChI=1S/C24H31N5O5S/c1-24(2,3)22(32)26-18-15-16(7-9-25-18)19(30)27-21-17(8-14-35-21)20(31)28-23(33)34-13-12-29-10-5-4-6-11-29/h7-9,14-15H,4-6,10-13H2,1-3H3,(H,27,30)(H,25,26,32)(H,28,31,33). The summed E-state index contributed by atoms with van der Waals surface area (Å²) >= 11 is 1.15. The minimum absolute atomic E-state index is 0.145. The highest BCUT2D eigenvalue weighted by Gasteiger charge is 2.23. The second-order valence-corrected chi connectivity index (χ2v) is 10.2. The fraction of sp³-hybridized carbons (Fsp3) is 0.458. The molecule has 0 aliphatic carbocycles. The molecule has 188 valence electrons. The van der Waals surface area contributed by atoms with Gasteiger partial charge in [-0.2, -0.15) is 0 Å². The van der Waals surface area contributed by atoms with Crippen molar-refractivity contribution in [2.24, 2.45) is 5.41 Å². The summed E-state index contributed by atoms with van der Waals surface area (Å²) in [6.45, 7) is 8.12. The number of carbonyl (C=O) groups excluding carboxylic acids is 4. The van der Waals surface area contributed by atoms with Gasteiger partial charge in [-0.15, -0.1) is 11.3 Å². The van der Waals surface area contributed by atoms with E-state index in [2.05, 4.69) is 25.8 Å². The van der Waals surface area contributed by atoms with Crippen LogP contribution in [-0.2, 0) is 9.53 Å². The van der Waals surface area contributed by atoms with E-state index in [0.29, 0.717) is 6.54 Å². The number of nitrogens with zero attached hydrogens (tertiary/aromatic N) is 2. The quantitative estimate of drug-likeness (QED) is 0.527. The molecule has 1 aliphatic rings. The number of piperidine rings is 1. The molecule has 0 atom stereocenters. The maximum atomic E-state index is 12.8. The van der Waals surface area contributed by atoms with Crippen molar-refractivity contribution >= 4 is 46.0 Å². The lowest BCUT2D eigenvalue weighted by atomic mass is 9.96. The predicted molar refractivity (Wildman–Crippen MR) is 134 cm³/mol. The average Bonchev–Trinajstić information content (AvgIpc) is 3.27. The Morgan fingerprint density at radius 1 is 1.06 bits per heavy atom. The summed E-state index contributed by atoms with van der Waals surface area (Å²) < 4.78 is 5.13. The number of carbonyl (C=O) groups is 4. The molecule has 1 fully saturated rings. The van der Waals surface area contributed by atoms with E-state index >= 15 is 0 Å². The zero-order valence-corrected chi connectivity index (χ0v) is 21.0. The first-order valence-electron chi connectivity index (χ1n) is 11.5. The Balaban J connectivity index is 1.54. The van der Waals surface area contributed by atoms with Gasteiger partial charge in [0.1, 0.15) is 17.4 Å². The van der Waals surface area contributed by atoms with Crippen molar-refractivity contribution in [3.63, 3.8) is 0 Å². The number of nitrogens with one attached hydrogen (secondary N) is 3. The van der Waals surface area contributed by atoms with Gasteiger partial charge in [0.25, 0.3) is 11.8 Å². The normalized spacial score (nSPS) is 14.1. The Morgan fingerprint density at radius 3 is 2.51 bits per heavy atom. The number of thiophene rings is 1. The van der Waals surface area contributed by atoms with Crippen LogP contribution in [0.2, 0.25) is 0 Å². The molecule has 0 radical (unpaired) electrons. The van der Waals surface area contributed by atoms with E-state index in [0.717, 1.165) is 37.3 Å². The summed E-state index contributed by atoms with van der Waals surface area (Å²) in [5.74, 6) is -1.15. The van der Waals surface area contributed by atoms with Gasteiger partial charge in [-0.05, 0) is 49.5 Å². The number of pyridine rings is 1. The second-order valence-electron chi connectivity index (χ2n) is 9.24. The summed E-state index contributed by atoms with van der Waals surface area (Å²) in [6, 6.07) is 4.46. The van der Waals surface area contributed by atoms with Gasteiger partial charge in [-0.25, -0.2) is 9.78 Å². The van der Waals surface area contributed by atoms with Gasteiger partial charge in [0, 0.05) is 23.7 Å². The van der Waals surface area contributed by atoms with Crippen molar-refractivity contribution in [3.05, 3.63) is 40.9 Å². The second kappa shape index (κ2) is 11.9. The Morgan fingerprint density at radius 2 is 1.80 bits per heavy atom. The van der Waals surface area contributed by atoms with Crippen LogP contribution in [0.4, 0.5) is 15.6 Å². The first-order chi connectivity index (χ1) is 16.6. The van der Waals surface area contributed by atoms with E-state index in [1.807, 2.05) is 0 Å². The Labute approximate surface area is 208 Å². The molecular formula is C24H31N5O5S. The maximum absolute atomic E-state index is 12.8. The van der Waals surface area contributed by atoms with Gasteiger partial charge in [0.15, 0.2) is 0 Å². The first-order valence-corrected chi connectivity index (χ1v) is 12.4. The average molecular weight is 502 g/mol. The minimum atomic E-state index is -0.830. The minimum Gasteiger partial charge on any atom is -0.448 e.